The van der Waals surface area contributed by atoms with E-state index in [-0.39, 0.29) is 0 Å². The lowest BCUT2D eigenvalue weighted by Gasteiger charge is -2.49. The third-order valence-electron chi connectivity index (χ3n) is 4.65. The Kier molecular flexibility index (Phi) is 4.05. The summed E-state index contributed by atoms with van der Waals surface area (Å²) in [5.41, 5.74) is 1.48. The summed E-state index contributed by atoms with van der Waals surface area (Å²) < 4.78 is 0. The van der Waals surface area contributed by atoms with Gasteiger partial charge in [0.25, 0.3) is 0 Å². The molecule has 3 rings (SSSR count). The van der Waals surface area contributed by atoms with Gasteiger partial charge in [0.2, 0.25) is 0 Å². The van der Waals surface area contributed by atoms with Gasteiger partial charge in [-0.15, -0.1) is 0 Å². The number of fused-ring (bicyclic) bond motifs is 2. The zero-order chi connectivity index (χ0) is 12.4. The maximum atomic E-state index is 3.69. The first-order valence-electron chi connectivity index (χ1n) is 7.22. The Morgan fingerprint density at radius 2 is 1.72 bits per heavy atom. The van der Waals surface area contributed by atoms with Crippen molar-refractivity contribution in [1.82, 2.24) is 4.90 Å². The molecule has 0 spiro atoms. The molecule has 0 radical (unpaired) electrons. The van der Waals surface area contributed by atoms with Crippen LogP contribution in [0, 0.1) is 5.92 Å². The molecule has 0 aliphatic carbocycles. The van der Waals surface area contributed by atoms with Gasteiger partial charge < -0.3 is 0 Å². The fourth-order valence-electron chi connectivity index (χ4n) is 3.77. The van der Waals surface area contributed by atoms with E-state index in [1.54, 1.807) is 0 Å². The van der Waals surface area contributed by atoms with Crippen molar-refractivity contribution in [3.63, 3.8) is 0 Å². The van der Waals surface area contributed by atoms with Gasteiger partial charge in [0.1, 0.15) is 0 Å². The van der Waals surface area contributed by atoms with Crippen LogP contribution in [-0.2, 0) is 6.54 Å². The van der Waals surface area contributed by atoms with Crippen molar-refractivity contribution < 1.29 is 0 Å². The summed E-state index contributed by atoms with van der Waals surface area (Å²) in [4.78, 5) is 2.79. The summed E-state index contributed by atoms with van der Waals surface area (Å²) in [6.07, 6.45) is 7.05. The average Bonchev–Trinajstić information content (AvgIpc) is 2.39. The minimum atomic E-state index is 0.834. The highest BCUT2D eigenvalue weighted by molar-refractivity contribution is 9.09. The second-order valence-electron chi connectivity index (χ2n) is 5.89. The Hall–Kier alpha value is -0.340. The Morgan fingerprint density at radius 3 is 2.33 bits per heavy atom. The Bertz CT molecular complexity index is 364. The molecule has 1 aromatic rings. The lowest BCUT2D eigenvalue weighted by Crippen LogP contribution is -2.51. The highest BCUT2D eigenvalue weighted by Crippen LogP contribution is 2.38. The third kappa shape index (κ3) is 2.65. The van der Waals surface area contributed by atoms with Crippen molar-refractivity contribution in [1.29, 1.82) is 0 Å². The quantitative estimate of drug-likeness (QED) is 0.756. The number of benzene rings is 1. The number of alkyl halides is 1. The van der Waals surface area contributed by atoms with E-state index in [9.17, 15) is 0 Å². The zero-order valence-electron chi connectivity index (χ0n) is 10.9. The summed E-state index contributed by atoms with van der Waals surface area (Å²) in [5.74, 6) is 0.910. The molecule has 18 heavy (non-hydrogen) atoms. The van der Waals surface area contributed by atoms with E-state index in [0.29, 0.717) is 0 Å². The van der Waals surface area contributed by atoms with Crippen molar-refractivity contribution in [2.45, 2.75) is 50.7 Å². The third-order valence-corrected chi connectivity index (χ3v) is 5.57. The molecule has 0 amide bonds. The first kappa shape index (κ1) is 12.7. The first-order valence-corrected chi connectivity index (χ1v) is 8.34. The molecule has 2 heterocycles. The molecule has 2 saturated heterocycles. The smallest absolute Gasteiger partial charge is 0.0239 e. The van der Waals surface area contributed by atoms with Crippen LogP contribution in [0.4, 0.5) is 0 Å². The van der Waals surface area contributed by atoms with E-state index < -0.39 is 0 Å². The molecule has 1 nitrogen and oxygen atoms in total. The second kappa shape index (κ2) is 5.75. The summed E-state index contributed by atoms with van der Waals surface area (Å²) >= 11 is 3.69. The molecule has 98 valence electrons. The standard InChI is InChI=1S/C16H22BrN/c17-11-14-9-15-7-4-8-16(10-14)18(15)12-13-5-2-1-3-6-13/h1-3,5-6,14-16H,4,7-12H2. The van der Waals surface area contributed by atoms with Gasteiger partial charge in [-0.2, -0.15) is 0 Å². The molecule has 2 unspecified atom stereocenters. The van der Waals surface area contributed by atoms with Crippen LogP contribution < -0.4 is 0 Å². The number of halogens is 1. The summed E-state index contributed by atoms with van der Waals surface area (Å²) in [6, 6.07) is 12.6. The van der Waals surface area contributed by atoms with Gasteiger partial charge in [-0.1, -0.05) is 52.7 Å². The van der Waals surface area contributed by atoms with Crippen molar-refractivity contribution >= 4 is 15.9 Å². The predicted octanol–water partition coefficient (Wildman–Crippen LogP) is 4.21. The maximum absolute atomic E-state index is 3.69. The molecule has 0 N–H and O–H groups in total. The molecule has 1 aromatic carbocycles. The SMILES string of the molecule is BrCC1CC2CCCC(C1)N2Cc1ccccc1. The predicted molar refractivity (Wildman–Crippen MR) is 79.9 cm³/mol. The zero-order valence-corrected chi connectivity index (χ0v) is 12.5. The molecule has 2 heteroatoms. The van der Waals surface area contributed by atoms with Crippen LogP contribution in [0.1, 0.15) is 37.7 Å². The molecule has 2 fully saturated rings. The van der Waals surface area contributed by atoms with Crippen molar-refractivity contribution in [3.05, 3.63) is 35.9 Å². The van der Waals surface area contributed by atoms with Gasteiger partial charge in [-0.25, -0.2) is 0 Å². The Balaban J connectivity index is 1.72. The minimum absolute atomic E-state index is 0.834. The maximum Gasteiger partial charge on any atom is 0.0239 e. The molecule has 0 saturated carbocycles. The van der Waals surface area contributed by atoms with Crippen LogP contribution in [0.3, 0.4) is 0 Å². The largest absolute Gasteiger partial charge is 0.293 e. The highest BCUT2D eigenvalue weighted by Gasteiger charge is 2.37. The molecule has 0 aromatic heterocycles. The topological polar surface area (TPSA) is 3.24 Å². The van der Waals surface area contributed by atoms with E-state index in [1.807, 2.05) is 0 Å². The van der Waals surface area contributed by atoms with E-state index in [4.69, 9.17) is 0 Å². The molecule has 2 aliphatic heterocycles. The molecular formula is C16H22BrN. The van der Waals surface area contributed by atoms with Crippen molar-refractivity contribution in [2.75, 3.05) is 5.33 Å². The summed E-state index contributed by atoms with van der Waals surface area (Å²) in [7, 11) is 0. The van der Waals surface area contributed by atoms with Crippen LogP contribution in [-0.4, -0.2) is 22.3 Å². The van der Waals surface area contributed by atoms with Crippen LogP contribution in [0.25, 0.3) is 0 Å². The van der Waals surface area contributed by atoms with Gasteiger partial charge >= 0.3 is 0 Å². The lowest BCUT2D eigenvalue weighted by atomic mass is 9.79. The van der Waals surface area contributed by atoms with Crippen LogP contribution >= 0.6 is 15.9 Å². The molecule has 2 bridgehead atoms. The molecule has 2 aliphatic rings. The normalized spacial score (nSPS) is 32.4. The van der Waals surface area contributed by atoms with E-state index in [1.165, 1.54) is 43.0 Å². The van der Waals surface area contributed by atoms with Crippen molar-refractivity contribution in [2.24, 2.45) is 5.92 Å². The average molecular weight is 308 g/mol. The fraction of sp³-hybridized carbons (Fsp3) is 0.625. The minimum Gasteiger partial charge on any atom is -0.293 e. The lowest BCUT2D eigenvalue weighted by molar-refractivity contribution is 0.0123. The Morgan fingerprint density at radius 1 is 1.06 bits per heavy atom. The molecule has 2 atom stereocenters. The Labute approximate surface area is 119 Å². The summed E-state index contributed by atoms with van der Waals surface area (Å²) in [6.45, 7) is 1.16. The van der Waals surface area contributed by atoms with Crippen LogP contribution in [0.2, 0.25) is 0 Å². The van der Waals surface area contributed by atoms with Gasteiger partial charge in [-0.3, -0.25) is 4.90 Å². The number of hydrogen-bond acceptors (Lipinski definition) is 1. The number of rotatable bonds is 3. The second-order valence-corrected chi connectivity index (χ2v) is 6.54. The van der Waals surface area contributed by atoms with E-state index in [2.05, 4.69) is 51.2 Å². The van der Waals surface area contributed by atoms with Gasteiger partial charge in [0, 0.05) is 24.0 Å². The summed E-state index contributed by atoms with van der Waals surface area (Å²) in [5, 5.41) is 1.19. The highest BCUT2D eigenvalue weighted by atomic mass is 79.9. The number of piperidine rings is 2. The first-order chi connectivity index (χ1) is 8.86. The van der Waals surface area contributed by atoms with Gasteiger partial charge in [0.15, 0.2) is 0 Å². The van der Waals surface area contributed by atoms with Crippen LogP contribution in [0.15, 0.2) is 30.3 Å². The molecular weight excluding hydrogens is 286 g/mol. The van der Waals surface area contributed by atoms with Crippen molar-refractivity contribution in [3.8, 4) is 0 Å². The van der Waals surface area contributed by atoms with Crippen LogP contribution in [0.5, 0.6) is 0 Å². The number of hydrogen-bond donors (Lipinski definition) is 0. The van der Waals surface area contributed by atoms with Gasteiger partial charge in [0.05, 0.1) is 0 Å². The fourth-order valence-corrected chi connectivity index (χ4v) is 4.30. The van der Waals surface area contributed by atoms with E-state index >= 15 is 0 Å². The number of nitrogens with zero attached hydrogens (tertiary/aromatic N) is 1. The monoisotopic (exact) mass is 307 g/mol. The van der Waals surface area contributed by atoms with Gasteiger partial charge in [-0.05, 0) is 37.2 Å². The van der Waals surface area contributed by atoms with E-state index in [0.717, 1.165) is 24.5 Å².